The third-order valence-corrected chi connectivity index (χ3v) is 4.98. The SMILES string of the molecule is COc1ccc(CC(Cc2ccc(OC)c(OC)c2)[C@H](C)CO)cc1OC. The summed E-state index contributed by atoms with van der Waals surface area (Å²) in [6.45, 7) is 2.22. The molecule has 1 N–H and O–H groups in total. The summed E-state index contributed by atoms with van der Waals surface area (Å²) in [5.74, 6) is 3.30. The van der Waals surface area contributed by atoms with E-state index >= 15 is 0 Å². The Kier molecular flexibility index (Phi) is 7.80. The second kappa shape index (κ2) is 10.1. The maximum absolute atomic E-state index is 9.74. The molecule has 0 amide bonds. The first-order valence-corrected chi connectivity index (χ1v) is 9.08. The van der Waals surface area contributed by atoms with Crippen molar-refractivity contribution >= 4 is 0 Å². The van der Waals surface area contributed by atoms with Gasteiger partial charge in [0.2, 0.25) is 0 Å². The number of hydrogen-bond acceptors (Lipinski definition) is 5. The van der Waals surface area contributed by atoms with E-state index in [0.29, 0.717) is 11.5 Å². The van der Waals surface area contributed by atoms with Crippen LogP contribution in [0.5, 0.6) is 23.0 Å². The fourth-order valence-corrected chi connectivity index (χ4v) is 3.24. The van der Waals surface area contributed by atoms with Crippen LogP contribution in [-0.2, 0) is 12.8 Å². The lowest BCUT2D eigenvalue weighted by atomic mass is 9.83. The molecule has 0 bridgehead atoms. The van der Waals surface area contributed by atoms with Gasteiger partial charge in [-0.05, 0) is 60.1 Å². The van der Waals surface area contributed by atoms with Crippen LogP contribution in [0.25, 0.3) is 0 Å². The van der Waals surface area contributed by atoms with Gasteiger partial charge in [0, 0.05) is 6.61 Å². The summed E-state index contributed by atoms with van der Waals surface area (Å²) in [5, 5.41) is 9.74. The Hall–Kier alpha value is -2.40. The Bertz CT molecular complexity index is 671. The van der Waals surface area contributed by atoms with Crippen molar-refractivity contribution in [1.29, 1.82) is 0 Å². The molecule has 1 atom stereocenters. The fraction of sp³-hybridized carbons (Fsp3) is 0.455. The number of ether oxygens (including phenoxy) is 4. The van der Waals surface area contributed by atoms with Gasteiger partial charge < -0.3 is 24.1 Å². The molecule has 0 radical (unpaired) electrons. The van der Waals surface area contributed by atoms with Crippen LogP contribution in [0.4, 0.5) is 0 Å². The van der Waals surface area contributed by atoms with Crippen LogP contribution in [0.15, 0.2) is 36.4 Å². The van der Waals surface area contributed by atoms with Gasteiger partial charge in [0.25, 0.3) is 0 Å². The molecular formula is C22H30O5. The van der Waals surface area contributed by atoms with Gasteiger partial charge in [0.1, 0.15) is 0 Å². The highest BCUT2D eigenvalue weighted by Gasteiger charge is 2.20. The van der Waals surface area contributed by atoms with E-state index in [2.05, 4.69) is 6.92 Å². The molecule has 5 nitrogen and oxygen atoms in total. The highest BCUT2D eigenvalue weighted by atomic mass is 16.5. The lowest BCUT2D eigenvalue weighted by Gasteiger charge is -2.23. The van der Waals surface area contributed by atoms with Gasteiger partial charge in [-0.15, -0.1) is 0 Å². The molecule has 2 aromatic rings. The van der Waals surface area contributed by atoms with Gasteiger partial charge >= 0.3 is 0 Å². The smallest absolute Gasteiger partial charge is 0.160 e. The van der Waals surface area contributed by atoms with Crippen molar-refractivity contribution in [1.82, 2.24) is 0 Å². The summed E-state index contributed by atoms with van der Waals surface area (Å²) in [5.41, 5.74) is 2.30. The van der Waals surface area contributed by atoms with E-state index in [1.165, 1.54) is 0 Å². The van der Waals surface area contributed by atoms with Gasteiger partial charge in [0.15, 0.2) is 23.0 Å². The highest BCUT2D eigenvalue weighted by Crippen LogP contribution is 2.32. The van der Waals surface area contributed by atoms with Gasteiger partial charge in [-0.2, -0.15) is 0 Å². The first-order valence-electron chi connectivity index (χ1n) is 9.08. The van der Waals surface area contributed by atoms with Crippen molar-refractivity contribution in [3.05, 3.63) is 47.5 Å². The van der Waals surface area contributed by atoms with E-state index in [1.54, 1.807) is 28.4 Å². The van der Waals surface area contributed by atoms with Crippen molar-refractivity contribution in [3.8, 4) is 23.0 Å². The summed E-state index contributed by atoms with van der Waals surface area (Å²) >= 11 is 0. The van der Waals surface area contributed by atoms with E-state index in [-0.39, 0.29) is 18.4 Å². The van der Waals surface area contributed by atoms with Gasteiger partial charge in [0.05, 0.1) is 28.4 Å². The maximum atomic E-state index is 9.74. The highest BCUT2D eigenvalue weighted by molar-refractivity contribution is 5.44. The zero-order valence-corrected chi connectivity index (χ0v) is 16.8. The molecule has 0 unspecified atom stereocenters. The molecule has 2 rings (SSSR count). The minimum atomic E-state index is 0.144. The van der Waals surface area contributed by atoms with E-state index in [4.69, 9.17) is 18.9 Å². The topological polar surface area (TPSA) is 57.2 Å². The standard InChI is InChI=1S/C22H30O5/c1-15(14-23)18(10-16-6-8-19(24-2)21(12-16)26-4)11-17-7-9-20(25-3)22(13-17)27-5/h6-9,12-13,15,18,23H,10-11,14H2,1-5H3/t15-/m1/s1. The first kappa shape index (κ1) is 20.9. The molecule has 0 spiro atoms. The third-order valence-electron chi connectivity index (χ3n) is 4.98. The lowest BCUT2D eigenvalue weighted by molar-refractivity contribution is 0.186. The molecule has 0 fully saturated rings. The average Bonchev–Trinajstić information content (AvgIpc) is 2.72. The molecule has 0 aromatic heterocycles. The molecule has 0 saturated carbocycles. The van der Waals surface area contributed by atoms with E-state index in [9.17, 15) is 5.11 Å². The Morgan fingerprint density at radius 1 is 0.704 bits per heavy atom. The molecule has 27 heavy (non-hydrogen) atoms. The molecule has 0 aliphatic rings. The first-order chi connectivity index (χ1) is 13.1. The normalized spacial score (nSPS) is 12.0. The van der Waals surface area contributed by atoms with Crippen LogP contribution in [0, 0.1) is 11.8 Å². The van der Waals surface area contributed by atoms with Crippen LogP contribution in [-0.4, -0.2) is 40.2 Å². The zero-order chi connectivity index (χ0) is 19.8. The summed E-state index contributed by atoms with van der Waals surface area (Å²) in [7, 11) is 6.54. The number of aliphatic hydroxyl groups excluding tert-OH is 1. The molecular weight excluding hydrogens is 344 g/mol. The molecule has 2 aromatic carbocycles. The zero-order valence-electron chi connectivity index (χ0n) is 16.8. The molecule has 0 aliphatic heterocycles. The van der Waals surface area contributed by atoms with Crippen molar-refractivity contribution in [2.45, 2.75) is 19.8 Å². The van der Waals surface area contributed by atoms with Crippen molar-refractivity contribution < 1.29 is 24.1 Å². The number of benzene rings is 2. The van der Waals surface area contributed by atoms with E-state index < -0.39 is 0 Å². The Morgan fingerprint density at radius 3 is 1.44 bits per heavy atom. The second-order valence-corrected chi connectivity index (χ2v) is 6.71. The van der Waals surface area contributed by atoms with Crippen LogP contribution in [0.2, 0.25) is 0 Å². The van der Waals surface area contributed by atoms with Gasteiger partial charge in [-0.3, -0.25) is 0 Å². The quantitative estimate of drug-likeness (QED) is 0.686. The second-order valence-electron chi connectivity index (χ2n) is 6.71. The number of aliphatic hydroxyl groups is 1. The summed E-state index contributed by atoms with van der Waals surface area (Å²) in [4.78, 5) is 0. The van der Waals surface area contributed by atoms with E-state index in [0.717, 1.165) is 35.5 Å². The predicted molar refractivity (Wildman–Crippen MR) is 106 cm³/mol. The summed E-state index contributed by atoms with van der Waals surface area (Å²) in [6, 6.07) is 12.0. The van der Waals surface area contributed by atoms with Crippen molar-refractivity contribution in [2.75, 3.05) is 35.0 Å². The minimum absolute atomic E-state index is 0.144. The number of rotatable bonds is 10. The summed E-state index contributed by atoms with van der Waals surface area (Å²) < 4.78 is 21.5. The van der Waals surface area contributed by atoms with E-state index in [1.807, 2.05) is 36.4 Å². The van der Waals surface area contributed by atoms with Crippen LogP contribution < -0.4 is 18.9 Å². The monoisotopic (exact) mass is 374 g/mol. The van der Waals surface area contributed by atoms with Crippen molar-refractivity contribution in [2.24, 2.45) is 11.8 Å². The van der Waals surface area contributed by atoms with Crippen LogP contribution in [0.1, 0.15) is 18.1 Å². The Labute approximate surface area is 161 Å². The van der Waals surface area contributed by atoms with Crippen LogP contribution >= 0.6 is 0 Å². The average molecular weight is 374 g/mol. The molecule has 5 heteroatoms. The van der Waals surface area contributed by atoms with Gasteiger partial charge in [-0.1, -0.05) is 19.1 Å². The Morgan fingerprint density at radius 2 is 1.11 bits per heavy atom. The largest absolute Gasteiger partial charge is 0.493 e. The molecule has 0 aliphatic carbocycles. The minimum Gasteiger partial charge on any atom is -0.493 e. The third kappa shape index (κ3) is 5.30. The lowest BCUT2D eigenvalue weighted by Crippen LogP contribution is -2.20. The molecule has 0 saturated heterocycles. The molecule has 148 valence electrons. The van der Waals surface area contributed by atoms with Gasteiger partial charge in [-0.25, -0.2) is 0 Å². The predicted octanol–water partition coefficient (Wildman–Crippen LogP) is 3.75. The summed E-state index contributed by atoms with van der Waals surface area (Å²) in [6.07, 6.45) is 1.66. The number of methoxy groups -OCH3 is 4. The number of hydrogen-bond donors (Lipinski definition) is 1. The maximum Gasteiger partial charge on any atom is 0.160 e. The fourth-order valence-electron chi connectivity index (χ4n) is 3.24. The van der Waals surface area contributed by atoms with Crippen LogP contribution in [0.3, 0.4) is 0 Å². The van der Waals surface area contributed by atoms with Crippen molar-refractivity contribution in [3.63, 3.8) is 0 Å². The Balaban J connectivity index is 2.23. The molecule has 0 heterocycles.